The van der Waals surface area contributed by atoms with E-state index in [1.807, 2.05) is 0 Å². The van der Waals surface area contributed by atoms with Crippen LogP contribution in [-0.4, -0.2) is 74.5 Å². The third-order valence-corrected chi connectivity index (χ3v) is 8.91. The first-order valence-corrected chi connectivity index (χ1v) is 14.4. The summed E-state index contributed by atoms with van der Waals surface area (Å²) < 4.78 is 24.6. The second-order valence-corrected chi connectivity index (χ2v) is 11.7. The van der Waals surface area contributed by atoms with Crippen LogP contribution in [0.2, 0.25) is 0 Å². The number of fused-ring (bicyclic) bond motifs is 1. The van der Waals surface area contributed by atoms with Crippen molar-refractivity contribution in [3.63, 3.8) is 0 Å². The van der Waals surface area contributed by atoms with Crippen LogP contribution in [-0.2, 0) is 26.7 Å². The van der Waals surface area contributed by atoms with Crippen molar-refractivity contribution in [2.75, 3.05) is 48.9 Å². The molecule has 10 heteroatoms. The fourth-order valence-corrected chi connectivity index (χ4v) is 6.27. The molecule has 0 radical (unpaired) electrons. The summed E-state index contributed by atoms with van der Waals surface area (Å²) in [7, 11) is -1.09. The summed E-state index contributed by atoms with van der Waals surface area (Å²) in [5.41, 5.74) is 2.48. The molecule has 1 N–H and O–H groups in total. The molecule has 1 atom stereocenters. The third-order valence-electron chi connectivity index (χ3n) is 7.45. The zero-order valence-corrected chi connectivity index (χ0v) is 21.8. The number of aromatic nitrogens is 4. The topological polar surface area (TPSA) is 102 Å². The highest BCUT2D eigenvalue weighted by Crippen LogP contribution is 2.39. The minimum Gasteiger partial charge on any atom is -0.377 e. The van der Waals surface area contributed by atoms with E-state index in [9.17, 15) is 4.21 Å². The summed E-state index contributed by atoms with van der Waals surface area (Å²) in [6, 6.07) is 0. The van der Waals surface area contributed by atoms with E-state index < -0.39 is 10.8 Å². The summed E-state index contributed by atoms with van der Waals surface area (Å²) in [6.07, 6.45) is 18.3. The van der Waals surface area contributed by atoms with Crippen molar-refractivity contribution >= 4 is 28.1 Å². The van der Waals surface area contributed by atoms with Crippen LogP contribution >= 0.6 is 0 Å². The van der Waals surface area contributed by atoms with Crippen LogP contribution in [0.5, 0.6) is 0 Å². The lowest BCUT2D eigenvalue weighted by Crippen LogP contribution is -2.49. The molecular weight excluding hydrogens is 488 g/mol. The second kappa shape index (κ2) is 10.5. The number of hydrogen-bond acceptors (Lipinski definition) is 9. The first-order chi connectivity index (χ1) is 18.1. The highest BCUT2D eigenvalue weighted by molar-refractivity contribution is 7.85. The Labute approximate surface area is 219 Å². The number of rotatable bonds is 10. The first kappa shape index (κ1) is 24.5. The van der Waals surface area contributed by atoms with Crippen LogP contribution in [0.3, 0.4) is 0 Å². The number of nitrogens with zero attached hydrogens (tertiary/aromatic N) is 5. The monoisotopic (exact) mass is 520 g/mol. The van der Waals surface area contributed by atoms with Crippen molar-refractivity contribution in [1.82, 2.24) is 19.9 Å². The Morgan fingerprint density at radius 2 is 2.03 bits per heavy atom. The Balaban J connectivity index is 1.17. The fourth-order valence-electron chi connectivity index (χ4n) is 4.97. The first-order valence-electron chi connectivity index (χ1n) is 13.1. The number of hydrogen-bond donors (Lipinski definition) is 1. The number of nitrogens with one attached hydrogen (secondary N) is 1. The molecule has 6 rings (SSSR count). The normalized spacial score (nSPS) is 22.1. The van der Waals surface area contributed by atoms with Gasteiger partial charge in [0.2, 0.25) is 5.95 Å². The van der Waals surface area contributed by atoms with Crippen LogP contribution < -0.4 is 10.2 Å². The molecule has 2 aromatic heterocycles. The summed E-state index contributed by atoms with van der Waals surface area (Å²) in [6.45, 7) is 3.24. The number of aryl methyl sites for hydroxylation is 1. The summed E-state index contributed by atoms with van der Waals surface area (Å²) in [5, 5.41) is 3.67. The Morgan fingerprint density at radius 3 is 2.70 bits per heavy atom. The SMILES string of the molecule is C#Cc1cnc(C2=CCN(c3nc4c(c(NC5(COCCOC6CC6)CCC5)n3)[S@@](=O)CC4)CC2)nc1. The van der Waals surface area contributed by atoms with Crippen molar-refractivity contribution in [2.45, 2.75) is 61.5 Å². The van der Waals surface area contributed by atoms with Crippen molar-refractivity contribution < 1.29 is 13.7 Å². The van der Waals surface area contributed by atoms with Gasteiger partial charge in [0.15, 0.2) is 5.82 Å². The highest BCUT2D eigenvalue weighted by atomic mass is 32.2. The molecule has 0 unspecified atom stereocenters. The van der Waals surface area contributed by atoms with Crippen molar-refractivity contribution in [3.8, 4) is 12.3 Å². The molecule has 0 aromatic carbocycles. The zero-order chi connectivity index (χ0) is 25.2. The van der Waals surface area contributed by atoms with Crippen molar-refractivity contribution in [2.24, 2.45) is 0 Å². The van der Waals surface area contributed by atoms with E-state index in [2.05, 4.69) is 32.2 Å². The predicted octanol–water partition coefficient (Wildman–Crippen LogP) is 2.74. The summed E-state index contributed by atoms with van der Waals surface area (Å²) in [5.74, 6) is 5.24. The fraction of sp³-hybridized carbons (Fsp3) is 0.556. The van der Waals surface area contributed by atoms with Crippen LogP contribution in [0.1, 0.15) is 55.6 Å². The van der Waals surface area contributed by atoms with Gasteiger partial charge in [0.1, 0.15) is 10.7 Å². The molecule has 194 valence electrons. The molecule has 0 bridgehead atoms. The van der Waals surface area contributed by atoms with Gasteiger partial charge in [0, 0.05) is 37.7 Å². The maximum atomic E-state index is 12.9. The summed E-state index contributed by atoms with van der Waals surface area (Å²) in [4.78, 5) is 21.5. The average molecular weight is 521 g/mol. The number of ether oxygens (including phenoxy) is 2. The molecule has 2 aromatic rings. The lowest BCUT2D eigenvalue weighted by atomic mass is 9.77. The highest BCUT2D eigenvalue weighted by Gasteiger charge is 2.40. The van der Waals surface area contributed by atoms with Crippen LogP contribution in [0.15, 0.2) is 23.4 Å². The molecule has 4 heterocycles. The number of terminal acetylenes is 1. The maximum absolute atomic E-state index is 12.9. The molecule has 9 nitrogen and oxygen atoms in total. The number of anilines is 2. The van der Waals surface area contributed by atoms with Crippen molar-refractivity contribution in [1.29, 1.82) is 0 Å². The van der Waals surface area contributed by atoms with Gasteiger partial charge < -0.3 is 19.7 Å². The molecule has 0 amide bonds. The van der Waals surface area contributed by atoms with E-state index in [0.29, 0.717) is 67.8 Å². The Morgan fingerprint density at radius 1 is 1.19 bits per heavy atom. The van der Waals surface area contributed by atoms with E-state index in [1.165, 1.54) is 12.8 Å². The van der Waals surface area contributed by atoms with Gasteiger partial charge in [0.25, 0.3) is 0 Å². The molecule has 2 aliphatic heterocycles. The molecule has 37 heavy (non-hydrogen) atoms. The molecule has 2 aliphatic carbocycles. The van der Waals surface area contributed by atoms with Crippen LogP contribution in [0.4, 0.5) is 11.8 Å². The summed E-state index contributed by atoms with van der Waals surface area (Å²) >= 11 is 0. The third kappa shape index (κ3) is 5.40. The van der Waals surface area contributed by atoms with E-state index in [4.69, 9.17) is 25.9 Å². The second-order valence-electron chi connectivity index (χ2n) is 10.2. The van der Waals surface area contributed by atoms with Gasteiger partial charge in [-0.2, -0.15) is 4.98 Å². The Hall–Kier alpha value is -2.87. The molecule has 4 aliphatic rings. The average Bonchev–Trinajstić information content (AvgIpc) is 3.67. The molecule has 0 saturated heterocycles. The molecule has 2 fully saturated rings. The van der Waals surface area contributed by atoms with Crippen LogP contribution in [0.25, 0.3) is 5.57 Å². The molecule has 2 saturated carbocycles. The van der Waals surface area contributed by atoms with Crippen molar-refractivity contribution in [3.05, 3.63) is 35.6 Å². The Bertz CT molecular complexity index is 1250. The zero-order valence-electron chi connectivity index (χ0n) is 20.9. The Kier molecular flexibility index (Phi) is 6.93. The lowest BCUT2D eigenvalue weighted by Gasteiger charge is -2.43. The van der Waals surface area contributed by atoms with Gasteiger partial charge in [-0.3, -0.25) is 4.21 Å². The largest absolute Gasteiger partial charge is 0.377 e. The van der Waals surface area contributed by atoms with Gasteiger partial charge in [-0.25, -0.2) is 15.0 Å². The van der Waals surface area contributed by atoms with E-state index >= 15 is 0 Å². The minimum absolute atomic E-state index is 0.178. The predicted molar refractivity (Wildman–Crippen MR) is 142 cm³/mol. The lowest BCUT2D eigenvalue weighted by molar-refractivity contribution is 0.0109. The smallest absolute Gasteiger partial charge is 0.227 e. The van der Waals surface area contributed by atoms with E-state index in [0.717, 1.165) is 48.4 Å². The van der Waals surface area contributed by atoms with Gasteiger partial charge in [-0.05, 0) is 44.1 Å². The van der Waals surface area contributed by atoms with E-state index in [1.54, 1.807) is 12.4 Å². The van der Waals surface area contributed by atoms with Gasteiger partial charge in [-0.1, -0.05) is 12.0 Å². The molecular formula is C27H32N6O3S. The maximum Gasteiger partial charge on any atom is 0.227 e. The van der Waals surface area contributed by atoms with Gasteiger partial charge >= 0.3 is 0 Å². The standard InChI is InChI=1S/C27H32N6O3S/c1-2-19-16-28-24(29-17-19)20-6-11-33(12-7-20)26-30-22-8-15-37(34)23(22)25(31-26)32-27(9-3-10-27)18-35-13-14-36-21-4-5-21/h1,6,16-17,21H,3-5,7-15,18H2,(H,30,31,32)/t37-/m0/s1. The van der Waals surface area contributed by atoms with Crippen LogP contribution in [0, 0.1) is 12.3 Å². The molecule has 0 spiro atoms. The van der Waals surface area contributed by atoms with Gasteiger partial charge in [0.05, 0.1) is 53.5 Å². The minimum atomic E-state index is -1.09. The quantitative estimate of drug-likeness (QED) is 0.374. The van der Waals surface area contributed by atoms with E-state index in [-0.39, 0.29) is 5.54 Å². The van der Waals surface area contributed by atoms with Gasteiger partial charge in [-0.15, -0.1) is 6.42 Å².